The highest BCUT2D eigenvalue weighted by Crippen LogP contribution is 2.31. The minimum absolute atomic E-state index is 0.159. The van der Waals surface area contributed by atoms with Crippen molar-refractivity contribution in [2.45, 2.75) is 45.2 Å². The fourth-order valence-corrected chi connectivity index (χ4v) is 5.28. The lowest BCUT2D eigenvalue weighted by molar-refractivity contribution is 0.558. The van der Waals surface area contributed by atoms with Crippen LogP contribution in [0.25, 0.3) is 21.3 Å². The molecule has 2 aromatic carbocycles. The molecular formula is C25H24FN3OS. The molecular weight excluding hydrogens is 409 g/mol. The average molecular weight is 434 g/mol. The van der Waals surface area contributed by atoms with Gasteiger partial charge in [0.25, 0.3) is 5.56 Å². The standard InChI is InChI=1S/C25H24FN3OS/c1-15(18-7-6-16-4-2-3-5-19(16)12-18)27-13-22-28-24(30)23-21(14-31-25(23)29-22)17-8-10-20(26)11-9-17/h6-12,14-15,27H,2-5,13H2,1H3,(H,28,29,30). The summed E-state index contributed by atoms with van der Waals surface area (Å²) < 4.78 is 13.2. The molecule has 0 amide bonds. The van der Waals surface area contributed by atoms with Gasteiger partial charge in [-0.3, -0.25) is 4.79 Å². The van der Waals surface area contributed by atoms with Gasteiger partial charge in [-0.2, -0.15) is 0 Å². The van der Waals surface area contributed by atoms with Gasteiger partial charge in [0.2, 0.25) is 0 Å². The fraction of sp³-hybridized carbons (Fsp3) is 0.280. The summed E-state index contributed by atoms with van der Waals surface area (Å²) in [6, 6.07) is 13.1. The van der Waals surface area contributed by atoms with Crippen molar-refractivity contribution in [3.05, 3.63) is 86.5 Å². The number of aromatic nitrogens is 2. The summed E-state index contributed by atoms with van der Waals surface area (Å²) in [5.41, 5.74) is 5.65. The Morgan fingerprint density at radius 3 is 2.71 bits per heavy atom. The van der Waals surface area contributed by atoms with E-state index in [4.69, 9.17) is 0 Å². The van der Waals surface area contributed by atoms with Gasteiger partial charge in [-0.1, -0.05) is 30.3 Å². The van der Waals surface area contributed by atoms with E-state index in [0.717, 1.165) is 17.5 Å². The highest BCUT2D eigenvalue weighted by atomic mass is 32.1. The second-order valence-electron chi connectivity index (χ2n) is 8.19. The van der Waals surface area contributed by atoms with Crippen LogP contribution in [0.1, 0.15) is 48.3 Å². The van der Waals surface area contributed by atoms with E-state index in [1.165, 1.54) is 59.4 Å². The summed E-state index contributed by atoms with van der Waals surface area (Å²) in [5.74, 6) is 0.326. The van der Waals surface area contributed by atoms with E-state index in [1.807, 2.05) is 5.38 Å². The number of rotatable bonds is 5. The van der Waals surface area contributed by atoms with E-state index in [1.54, 1.807) is 12.1 Å². The average Bonchev–Trinajstić information content (AvgIpc) is 3.22. The molecule has 1 aliphatic rings. The number of hydrogen-bond acceptors (Lipinski definition) is 4. The molecule has 4 nitrogen and oxygen atoms in total. The topological polar surface area (TPSA) is 57.8 Å². The van der Waals surface area contributed by atoms with Gasteiger partial charge in [0, 0.05) is 17.0 Å². The van der Waals surface area contributed by atoms with Crippen LogP contribution in [0.4, 0.5) is 4.39 Å². The van der Waals surface area contributed by atoms with Crippen molar-refractivity contribution in [1.82, 2.24) is 15.3 Å². The van der Waals surface area contributed by atoms with Crippen molar-refractivity contribution in [3.8, 4) is 11.1 Å². The quantitative estimate of drug-likeness (QED) is 0.436. The molecule has 2 aromatic heterocycles. The van der Waals surface area contributed by atoms with Gasteiger partial charge in [-0.05, 0) is 67.0 Å². The van der Waals surface area contributed by atoms with Crippen LogP contribution in [0, 0.1) is 5.82 Å². The molecule has 6 heteroatoms. The molecule has 5 rings (SSSR count). The minimum Gasteiger partial charge on any atom is -0.309 e. The van der Waals surface area contributed by atoms with E-state index < -0.39 is 0 Å². The molecule has 0 aliphatic heterocycles. The highest BCUT2D eigenvalue weighted by molar-refractivity contribution is 7.17. The maximum absolute atomic E-state index is 13.2. The predicted molar refractivity (Wildman–Crippen MR) is 124 cm³/mol. The maximum atomic E-state index is 13.2. The monoisotopic (exact) mass is 433 g/mol. The van der Waals surface area contributed by atoms with Crippen molar-refractivity contribution in [1.29, 1.82) is 0 Å². The van der Waals surface area contributed by atoms with E-state index in [0.29, 0.717) is 22.6 Å². The van der Waals surface area contributed by atoms with Gasteiger partial charge in [0.1, 0.15) is 16.5 Å². The van der Waals surface area contributed by atoms with Gasteiger partial charge in [0.15, 0.2) is 0 Å². The first-order valence-electron chi connectivity index (χ1n) is 10.7. The summed E-state index contributed by atoms with van der Waals surface area (Å²) in [6.45, 7) is 2.62. The summed E-state index contributed by atoms with van der Waals surface area (Å²) in [7, 11) is 0. The first-order chi connectivity index (χ1) is 15.1. The first kappa shape index (κ1) is 20.1. The van der Waals surface area contributed by atoms with Gasteiger partial charge in [-0.25, -0.2) is 9.37 Å². The van der Waals surface area contributed by atoms with Gasteiger partial charge < -0.3 is 10.3 Å². The zero-order valence-electron chi connectivity index (χ0n) is 17.4. The number of thiophene rings is 1. The van der Waals surface area contributed by atoms with Crippen molar-refractivity contribution in [3.63, 3.8) is 0 Å². The Kier molecular flexibility index (Phi) is 5.42. The number of benzene rings is 2. The minimum atomic E-state index is -0.295. The molecule has 0 saturated heterocycles. The fourth-order valence-electron chi connectivity index (χ4n) is 4.31. The number of nitrogens with zero attached hydrogens (tertiary/aromatic N) is 1. The largest absolute Gasteiger partial charge is 0.309 e. The Labute approximate surface area is 184 Å². The zero-order chi connectivity index (χ0) is 21.4. The summed E-state index contributed by atoms with van der Waals surface area (Å²) in [4.78, 5) is 21.1. The van der Waals surface area contributed by atoms with Crippen molar-refractivity contribution in [2.75, 3.05) is 0 Å². The van der Waals surface area contributed by atoms with Crippen LogP contribution in [0.3, 0.4) is 0 Å². The normalized spacial score (nSPS) is 14.5. The van der Waals surface area contributed by atoms with E-state index in [-0.39, 0.29) is 17.4 Å². The number of halogens is 1. The van der Waals surface area contributed by atoms with Crippen LogP contribution in [0.15, 0.2) is 52.6 Å². The summed E-state index contributed by atoms with van der Waals surface area (Å²) in [5, 5.41) is 5.96. The van der Waals surface area contributed by atoms with Gasteiger partial charge in [-0.15, -0.1) is 11.3 Å². The molecule has 1 aliphatic carbocycles. The number of nitrogens with one attached hydrogen (secondary N) is 2. The number of H-pyrrole nitrogens is 1. The summed E-state index contributed by atoms with van der Waals surface area (Å²) in [6.07, 6.45) is 4.90. The Bertz CT molecular complexity index is 1290. The lowest BCUT2D eigenvalue weighted by Crippen LogP contribution is -2.22. The molecule has 1 unspecified atom stereocenters. The van der Waals surface area contributed by atoms with E-state index in [2.05, 4.69) is 40.4 Å². The van der Waals surface area contributed by atoms with Crippen LogP contribution in [0.2, 0.25) is 0 Å². The molecule has 0 saturated carbocycles. The molecule has 1 atom stereocenters. The van der Waals surface area contributed by atoms with E-state index >= 15 is 0 Å². The molecule has 4 aromatic rings. The smallest absolute Gasteiger partial charge is 0.260 e. The third kappa shape index (κ3) is 4.05. The van der Waals surface area contributed by atoms with Crippen LogP contribution in [0.5, 0.6) is 0 Å². The molecule has 2 N–H and O–H groups in total. The number of aromatic amines is 1. The Morgan fingerprint density at radius 1 is 1.13 bits per heavy atom. The number of fused-ring (bicyclic) bond motifs is 2. The number of hydrogen-bond donors (Lipinski definition) is 2. The van der Waals surface area contributed by atoms with Crippen molar-refractivity contribution < 1.29 is 4.39 Å². The Morgan fingerprint density at radius 2 is 1.90 bits per heavy atom. The molecule has 31 heavy (non-hydrogen) atoms. The zero-order valence-corrected chi connectivity index (χ0v) is 18.2. The predicted octanol–water partition coefficient (Wildman–Crippen LogP) is 5.52. The lowest BCUT2D eigenvalue weighted by atomic mass is 9.89. The van der Waals surface area contributed by atoms with Crippen molar-refractivity contribution >= 4 is 21.6 Å². The maximum Gasteiger partial charge on any atom is 0.260 e. The molecule has 2 heterocycles. The molecule has 158 valence electrons. The molecule has 0 radical (unpaired) electrons. The number of aryl methyl sites for hydroxylation is 2. The second-order valence-corrected chi connectivity index (χ2v) is 9.04. The Balaban J connectivity index is 1.35. The van der Waals surface area contributed by atoms with Crippen LogP contribution in [-0.2, 0) is 19.4 Å². The molecule has 0 spiro atoms. The summed E-state index contributed by atoms with van der Waals surface area (Å²) >= 11 is 1.43. The van der Waals surface area contributed by atoms with Crippen molar-refractivity contribution in [2.24, 2.45) is 0 Å². The lowest BCUT2D eigenvalue weighted by Gasteiger charge is -2.20. The molecule has 0 bridgehead atoms. The van der Waals surface area contributed by atoms with Crippen LogP contribution >= 0.6 is 11.3 Å². The molecule has 0 fully saturated rings. The highest BCUT2D eigenvalue weighted by Gasteiger charge is 2.15. The van der Waals surface area contributed by atoms with Crippen LogP contribution in [-0.4, -0.2) is 9.97 Å². The third-order valence-electron chi connectivity index (χ3n) is 6.10. The van der Waals surface area contributed by atoms with E-state index in [9.17, 15) is 9.18 Å². The van der Waals surface area contributed by atoms with Crippen LogP contribution < -0.4 is 10.9 Å². The Hall–Kier alpha value is -2.83. The van der Waals surface area contributed by atoms with Gasteiger partial charge in [0.05, 0.1) is 11.9 Å². The van der Waals surface area contributed by atoms with Gasteiger partial charge >= 0.3 is 0 Å². The first-order valence-corrected chi connectivity index (χ1v) is 11.6. The third-order valence-corrected chi connectivity index (χ3v) is 6.97. The second kappa shape index (κ2) is 8.36. The SMILES string of the molecule is CC(NCc1nc2scc(-c3ccc(F)cc3)c2c(=O)[nH]1)c1ccc2c(c1)CCCC2.